The lowest BCUT2D eigenvalue weighted by molar-refractivity contribution is -0.132. The average molecular weight is 501 g/mol. The number of halogens is 1. The van der Waals surface area contributed by atoms with Crippen LogP contribution in [0.15, 0.2) is 72.3 Å². The number of aliphatic hydroxyl groups is 1. The molecule has 0 aliphatic carbocycles. The lowest BCUT2D eigenvalue weighted by Gasteiger charge is -2.24. The van der Waals surface area contributed by atoms with Crippen molar-refractivity contribution < 1.29 is 19.1 Å². The van der Waals surface area contributed by atoms with Crippen LogP contribution < -0.4 is 4.90 Å². The summed E-state index contributed by atoms with van der Waals surface area (Å²) in [7, 11) is 0. The molecule has 36 heavy (non-hydrogen) atoms. The Morgan fingerprint density at radius 1 is 1.00 bits per heavy atom. The lowest BCUT2D eigenvalue weighted by atomic mass is 9.85. The van der Waals surface area contributed by atoms with Gasteiger partial charge in [0.25, 0.3) is 5.78 Å². The number of carbonyl (C=O) groups is 2. The Morgan fingerprint density at radius 3 is 2.31 bits per heavy atom. The summed E-state index contributed by atoms with van der Waals surface area (Å²) in [6.45, 7) is 8.23. The van der Waals surface area contributed by atoms with Crippen LogP contribution in [0.2, 0.25) is 0 Å². The van der Waals surface area contributed by atoms with Gasteiger partial charge in [-0.1, -0.05) is 86.2 Å². The van der Waals surface area contributed by atoms with Crippen LogP contribution in [0.1, 0.15) is 49.1 Å². The number of benzene rings is 3. The number of aliphatic hydroxyl groups excluding tert-OH is 1. The van der Waals surface area contributed by atoms with Gasteiger partial charge in [-0.25, -0.2) is 9.37 Å². The molecule has 1 aliphatic heterocycles. The third-order valence-electron chi connectivity index (χ3n) is 6.41. The van der Waals surface area contributed by atoms with Gasteiger partial charge in [-0.3, -0.25) is 14.5 Å². The number of thiazole rings is 1. The van der Waals surface area contributed by atoms with Crippen molar-refractivity contribution in [2.75, 3.05) is 4.90 Å². The van der Waals surface area contributed by atoms with E-state index in [1.54, 1.807) is 18.2 Å². The van der Waals surface area contributed by atoms with Gasteiger partial charge in [0, 0.05) is 5.56 Å². The average Bonchev–Trinajstić information content (AvgIpc) is 3.36. The number of ketones is 1. The summed E-state index contributed by atoms with van der Waals surface area (Å²) in [6.07, 6.45) is 0. The summed E-state index contributed by atoms with van der Waals surface area (Å²) in [5.41, 5.74) is 3.65. The lowest BCUT2D eigenvalue weighted by Crippen LogP contribution is -2.29. The van der Waals surface area contributed by atoms with Crippen molar-refractivity contribution in [3.05, 3.63) is 100 Å². The van der Waals surface area contributed by atoms with E-state index in [0.29, 0.717) is 21.3 Å². The van der Waals surface area contributed by atoms with Gasteiger partial charge in [-0.05, 0) is 41.7 Å². The molecule has 2 heterocycles. The Labute approximate surface area is 212 Å². The zero-order chi connectivity index (χ0) is 25.8. The van der Waals surface area contributed by atoms with Gasteiger partial charge < -0.3 is 5.11 Å². The number of carbonyl (C=O) groups excluding carboxylic acids is 2. The molecule has 3 aromatic carbocycles. The normalized spacial score (nSPS) is 17.8. The molecule has 1 amide bonds. The first-order chi connectivity index (χ1) is 17.0. The fraction of sp³-hybridized carbons (Fsp3) is 0.207. The smallest absolute Gasteiger partial charge is 0.301 e. The summed E-state index contributed by atoms with van der Waals surface area (Å²) in [5.74, 6) is -2.22. The maximum atomic E-state index is 13.8. The molecular formula is C29H25FN2O3S. The number of hydrogen-bond acceptors (Lipinski definition) is 5. The quantitative estimate of drug-likeness (QED) is 0.194. The minimum Gasteiger partial charge on any atom is -0.507 e. The van der Waals surface area contributed by atoms with Gasteiger partial charge in [-0.15, -0.1) is 0 Å². The maximum absolute atomic E-state index is 13.8. The largest absolute Gasteiger partial charge is 0.507 e. The molecular weight excluding hydrogens is 475 g/mol. The first-order valence-corrected chi connectivity index (χ1v) is 12.4. The van der Waals surface area contributed by atoms with E-state index in [1.165, 1.54) is 17.0 Å². The van der Waals surface area contributed by atoms with Crippen LogP contribution in [0.5, 0.6) is 0 Å². The SMILES string of the molecule is Cc1ccc(C(O)=C2C(=O)C(=O)N(c3nc4ccc(F)cc4s3)C2c2ccc(C(C)(C)C)cc2)cc1. The van der Waals surface area contributed by atoms with Crippen molar-refractivity contribution in [3.63, 3.8) is 0 Å². The zero-order valence-corrected chi connectivity index (χ0v) is 21.2. The summed E-state index contributed by atoms with van der Waals surface area (Å²) < 4.78 is 14.4. The minimum atomic E-state index is -0.884. The Morgan fingerprint density at radius 2 is 1.67 bits per heavy atom. The first-order valence-electron chi connectivity index (χ1n) is 11.6. The topological polar surface area (TPSA) is 70.5 Å². The molecule has 1 aliphatic rings. The Bertz CT molecular complexity index is 1530. The number of Topliss-reactive ketones (excluding diaryl/α,β-unsaturated/α-hetero) is 1. The maximum Gasteiger partial charge on any atom is 0.301 e. The van der Waals surface area contributed by atoms with Crippen molar-refractivity contribution in [1.29, 1.82) is 0 Å². The van der Waals surface area contributed by atoms with Crippen LogP contribution in [0.4, 0.5) is 9.52 Å². The second-order valence-corrected chi connectivity index (χ2v) is 11.0. The van der Waals surface area contributed by atoms with Crippen LogP contribution in [0.25, 0.3) is 16.0 Å². The standard InChI is InChI=1S/C29H25FN2O3S/c1-16-5-7-18(8-6-16)25(33)23-24(17-9-11-19(12-10-17)29(2,3)4)32(27(35)26(23)34)28-31-21-14-13-20(30)15-22(21)36-28/h5-15,24,33H,1-4H3. The highest BCUT2D eigenvalue weighted by Gasteiger charge is 2.48. The molecule has 1 unspecified atom stereocenters. The summed E-state index contributed by atoms with van der Waals surface area (Å²) >= 11 is 1.13. The molecule has 5 rings (SSSR count). The number of hydrogen-bond donors (Lipinski definition) is 1. The molecule has 1 aromatic heterocycles. The molecule has 7 heteroatoms. The molecule has 1 fully saturated rings. The van der Waals surface area contributed by atoms with Crippen LogP contribution in [-0.4, -0.2) is 21.8 Å². The van der Waals surface area contributed by atoms with E-state index < -0.39 is 23.5 Å². The van der Waals surface area contributed by atoms with Gasteiger partial charge >= 0.3 is 5.91 Å². The molecule has 1 N–H and O–H groups in total. The van der Waals surface area contributed by atoms with Crippen molar-refractivity contribution in [2.24, 2.45) is 0 Å². The van der Waals surface area contributed by atoms with Gasteiger partial charge in [0.05, 0.1) is 21.8 Å². The monoisotopic (exact) mass is 500 g/mol. The summed E-state index contributed by atoms with van der Waals surface area (Å²) in [6, 6.07) is 18.1. The molecule has 0 bridgehead atoms. The summed E-state index contributed by atoms with van der Waals surface area (Å²) in [5, 5.41) is 11.5. The van der Waals surface area contributed by atoms with Crippen LogP contribution in [-0.2, 0) is 15.0 Å². The Balaban J connectivity index is 1.71. The van der Waals surface area contributed by atoms with E-state index in [2.05, 4.69) is 25.8 Å². The molecule has 182 valence electrons. The number of amides is 1. The number of nitrogens with zero attached hydrogens (tertiary/aromatic N) is 2. The molecule has 1 atom stereocenters. The van der Waals surface area contributed by atoms with Crippen molar-refractivity contribution >= 4 is 44.1 Å². The Kier molecular flexibility index (Phi) is 5.75. The number of rotatable bonds is 3. The van der Waals surface area contributed by atoms with Crippen LogP contribution >= 0.6 is 11.3 Å². The molecule has 1 saturated heterocycles. The highest BCUT2D eigenvalue weighted by molar-refractivity contribution is 7.22. The third-order valence-corrected chi connectivity index (χ3v) is 7.42. The predicted molar refractivity (Wildman–Crippen MR) is 141 cm³/mol. The fourth-order valence-corrected chi connectivity index (χ4v) is 5.38. The third kappa shape index (κ3) is 4.09. The number of aryl methyl sites for hydroxylation is 1. The molecule has 0 spiro atoms. The number of fused-ring (bicyclic) bond motifs is 1. The van der Waals surface area contributed by atoms with Gasteiger partial charge in [-0.2, -0.15) is 0 Å². The van der Waals surface area contributed by atoms with E-state index >= 15 is 0 Å². The zero-order valence-electron chi connectivity index (χ0n) is 20.4. The van der Waals surface area contributed by atoms with E-state index in [-0.39, 0.29) is 21.9 Å². The molecule has 0 radical (unpaired) electrons. The molecule has 5 nitrogen and oxygen atoms in total. The minimum absolute atomic E-state index is 0.00204. The van der Waals surface area contributed by atoms with Crippen molar-refractivity contribution in [2.45, 2.75) is 39.2 Å². The number of anilines is 1. The first kappa shape index (κ1) is 23.9. The van der Waals surface area contributed by atoms with Gasteiger partial charge in [0.15, 0.2) is 5.13 Å². The van der Waals surface area contributed by atoms with Crippen LogP contribution in [0.3, 0.4) is 0 Å². The molecule has 0 saturated carbocycles. The van der Waals surface area contributed by atoms with Gasteiger partial charge in [0.1, 0.15) is 11.6 Å². The molecule has 4 aromatic rings. The van der Waals surface area contributed by atoms with E-state index in [1.807, 2.05) is 43.3 Å². The van der Waals surface area contributed by atoms with Gasteiger partial charge in [0.2, 0.25) is 0 Å². The second-order valence-electron chi connectivity index (χ2n) is 10.0. The van der Waals surface area contributed by atoms with Crippen molar-refractivity contribution in [3.8, 4) is 0 Å². The Hall–Kier alpha value is -3.84. The van der Waals surface area contributed by atoms with E-state index in [9.17, 15) is 19.1 Å². The highest BCUT2D eigenvalue weighted by atomic mass is 32.1. The van der Waals surface area contributed by atoms with Crippen LogP contribution in [0, 0.1) is 12.7 Å². The van der Waals surface area contributed by atoms with E-state index in [4.69, 9.17) is 0 Å². The second kappa shape index (κ2) is 8.68. The summed E-state index contributed by atoms with van der Waals surface area (Å²) in [4.78, 5) is 32.6. The van der Waals surface area contributed by atoms with E-state index in [0.717, 1.165) is 22.5 Å². The van der Waals surface area contributed by atoms with Crippen molar-refractivity contribution in [1.82, 2.24) is 4.98 Å². The number of aromatic nitrogens is 1. The fourth-order valence-electron chi connectivity index (χ4n) is 4.37. The highest BCUT2D eigenvalue weighted by Crippen LogP contribution is 2.44. The predicted octanol–water partition coefficient (Wildman–Crippen LogP) is 6.67.